The Morgan fingerprint density at radius 1 is 1.55 bits per heavy atom. The van der Waals surface area contributed by atoms with Crippen LogP contribution >= 0.6 is 0 Å². The van der Waals surface area contributed by atoms with Gasteiger partial charge in [0.1, 0.15) is 0 Å². The summed E-state index contributed by atoms with van der Waals surface area (Å²) >= 11 is 0. The molecule has 2 nitrogen and oxygen atoms in total. The lowest BCUT2D eigenvalue weighted by Gasteiger charge is -2.18. The maximum Gasteiger partial charge on any atom is 0.0577 e. The van der Waals surface area contributed by atoms with Crippen LogP contribution in [0.5, 0.6) is 0 Å². The number of aliphatic hydroxyl groups excluding tert-OH is 1. The molecule has 1 fully saturated rings. The lowest BCUT2D eigenvalue weighted by molar-refractivity contribution is 0.124. The van der Waals surface area contributed by atoms with E-state index in [1.807, 2.05) is 0 Å². The number of nitrogens with one attached hydrogen (secondary N) is 1. The molecule has 1 aliphatic carbocycles. The summed E-state index contributed by atoms with van der Waals surface area (Å²) in [6.45, 7) is 3.65. The lowest BCUT2D eigenvalue weighted by atomic mass is 9.90. The zero-order valence-electron chi connectivity index (χ0n) is 6.66. The predicted octanol–water partition coefficient (Wildman–Crippen LogP) is 1.60. The number of hydrogen-bond acceptors (Lipinski definition) is 2. The fourth-order valence-electron chi connectivity index (χ4n) is 1.78. The molecule has 2 heteroatoms. The first-order valence-electron chi connectivity index (χ1n) is 4.10. The smallest absolute Gasteiger partial charge is 0.0577 e. The van der Waals surface area contributed by atoms with Gasteiger partial charge in [-0.05, 0) is 18.8 Å². The van der Waals surface area contributed by atoms with Crippen LogP contribution in [0.3, 0.4) is 0 Å². The van der Waals surface area contributed by atoms with Crippen molar-refractivity contribution in [2.24, 2.45) is 11.8 Å². The highest BCUT2D eigenvalue weighted by atomic mass is 16.3. The van der Waals surface area contributed by atoms with E-state index in [0.717, 1.165) is 19.3 Å². The van der Waals surface area contributed by atoms with E-state index in [4.69, 9.17) is 5.41 Å². The van der Waals surface area contributed by atoms with Crippen LogP contribution in [0.15, 0.2) is 12.7 Å². The summed E-state index contributed by atoms with van der Waals surface area (Å²) in [5.74, 6) is 0.331. The normalized spacial score (nSPS) is 33.2. The van der Waals surface area contributed by atoms with E-state index in [-0.39, 0.29) is 17.9 Å². The second kappa shape index (κ2) is 3.67. The SMILES string of the molecule is C=CC(C=N)[C@H]1CCC[C@@H]1O. The molecular formula is C9H15NO. The molecule has 0 aliphatic heterocycles. The summed E-state index contributed by atoms with van der Waals surface area (Å²) in [5, 5.41) is 16.6. The largest absolute Gasteiger partial charge is 0.393 e. The highest BCUT2D eigenvalue weighted by Gasteiger charge is 2.29. The van der Waals surface area contributed by atoms with E-state index >= 15 is 0 Å². The van der Waals surface area contributed by atoms with Gasteiger partial charge >= 0.3 is 0 Å². The molecule has 0 aromatic carbocycles. The maximum absolute atomic E-state index is 9.47. The third-order valence-corrected chi connectivity index (χ3v) is 2.49. The van der Waals surface area contributed by atoms with E-state index in [2.05, 4.69) is 6.58 Å². The van der Waals surface area contributed by atoms with Gasteiger partial charge in [-0.15, -0.1) is 6.58 Å². The van der Waals surface area contributed by atoms with Crippen molar-refractivity contribution in [3.63, 3.8) is 0 Å². The highest BCUT2D eigenvalue weighted by Crippen LogP contribution is 2.31. The Labute approximate surface area is 67.4 Å². The minimum absolute atomic E-state index is 0.0764. The van der Waals surface area contributed by atoms with Gasteiger partial charge in [0.25, 0.3) is 0 Å². The average molecular weight is 153 g/mol. The Hall–Kier alpha value is -0.630. The van der Waals surface area contributed by atoms with E-state index < -0.39 is 0 Å². The van der Waals surface area contributed by atoms with Gasteiger partial charge in [-0.3, -0.25) is 0 Å². The number of allylic oxidation sites excluding steroid dienone is 1. The number of rotatable bonds is 3. The molecule has 1 unspecified atom stereocenters. The Balaban J connectivity index is 2.56. The van der Waals surface area contributed by atoms with Gasteiger partial charge in [-0.25, -0.2) is 0 Å². The van der Waals surface area contributed by atoms with Crippen molar-refractivity contribution < 1.29 is 5.11 Å². The molecule has 0 radical (unpaired) electrons. The molecule has 1 rings (SSSR count). The van der Waals surface area contributed by atoms with Crippen molar-refractivity contribution >= 4 is 6.21 Å². The summed E-state index contributed by atoms with van der Waals surface area (Å²) in [4.78, 5) is 0. The molecule has 62 valence electrons. The monoisotopic (exact) mass is 153 g/mol. The van der Waals surface area contributed by atoms with E-state index in [9.17, 15) is 5.11 Å². The summed E-state index contributed by atoms with van der Waals surface area (Å²) in [6.07, 6.45) is 5.94. The number of hydrogen-bond donors (Lipinski definition) is 2. The van der Waals surface area contributed by atoms with Crippen LogP contribution in [-0.4, -0.2) is 17.4 Å². The van der Waals surface area contributed by atoms with Crippen molar-refractivity contribution in [1.82, 2.24) is 0 Å². The van der Waals surface area contributed by atoms with Crippen molar-refractivity contribution in [2.45, 2.75) is 25.4 Å². The Bertz CT molecular complexity index is 148. The molecule has 0 aromatic heterocycles. The first-order chi connectivity index (χ1) is 5.29. The van der Waals surface area contributed by atoms with E-state index in [0.29, 0.717) is 0 Å². The minimum atomic E-state index is -0.209. The summed E-state index contributed by atoms with van der Waals surface area (Å²) in [5.41, 5.74) is 0. The van der Waals surface area contributed by atoms with Gasteiger partial charge in [-0.2, -0.15) is 0 Å². The lowest BCUT2D eigenvalue weighted by Crippen LogP contribution is -2.21. The molecular weight excluding hydrogens is 138 g/mol. The highest BCUT2D eigenvalue weighted by molar-refractivity contribution is 5.60. The number of aliphatic hydroxyl groups is 1. The zero-order chi connectivity index (χ0) is 8.27. The standard InChI is InChI=1S/C9H15NO/c1-2-7(6-10)8-4-3-5-9(8)11/h2,6-11H,1,3-5H2/t7?,8-,9+/m1/s1. The minimum Gasteiger partial charge on any atom is -0.393 e. The van der Waals surface area contributed by atoms with Gasteiger partial charge in [0.2, 0.25) is 0 Å². The fourth-order valence-corrected chi connectivity index (χ4v) is 1.78. The first kappa shape index (κ1) is 8.47. The molecule has 0 heterocycles. The predicted molar refractivity (Wildman–Crippen MR) is 45.8 cm³/mol. The second-order valence-corrected chi connectivity index (χ2v) is 3.14. The second-order valence-electron chi connectivity index (χ2n) is 3.14. The van der Waals surface area contributed by atoms with Crippen molar-refractivity contribution in [3.05, 3.63) is 12.7 Å². The van der Waals surface area contributed by atoms with Crippen LogP contribution in [0.1, 0.15) is 19.3 Å². The Morgan fingerprint density at radius 3 is 2.64 bits per heavy atom. The molecule has 1 aliphatic rings. The van der Waals surface area contributed by atoms with E-state index in [1.54, 1.807) is 6.08 Å². The molecule has 2 N–H and O–H groups in total. The molecule has 3 atom stereocenters. The van der Waals surface area contributed by atoms with Gasteiger partial charge in [0, 0.05) is 12.1 Å². The topological polar surface area (TPSA) is 44.1 Å². The quantitative estimate of drug-likeness (QED) is 0.469. The molecule has 0 aromatic rings. The molecule has 0 bridgehead atoms. The molecule has 1 saturated carbocycles. The summed E-state index contributed by atoms with van der Waals surface area (Å²) in [6, 6.07) is 0. The van der Waals surface area contributed by atoms with Crippen molar-refractivity contribution in [1.29, 1.82) is 5.41 Å². The Kier molecular flexibility index (Phi) is 2.83. The third-order valence-electron chi connectivity index (χ3n) is 2.49. The van der Waals surface area contributed by atoms with Crippen LogP contribution in [0.25, 0.3) is 0 Å². The van der Waals surface area contributed by atoms with Gasteiger partial charge in [-0.1, -0.05) is 12.5 Å². The molecule has 0 saturated heterocycles. The van der Waals surface area contributed by atoms with Gasteiger partial charge in [0.05, 0.1) is 6.10 Å². The van der Waals surface area contributed by atoms with Crippen LogP contribution < -0.4 is 0 Å². The summed E-state index contributed by atoms with van der Waals surface area (Å²) in [7, 11) is 0. The average Bonchev–Trinajstić information content (AvgIpc) is 2.40. The molecule has 0 spiro atoms. The van der Waals surface area contributed by atoms with Gasteiger partial charge < -0.3 is 10.5 Å². The Morgan fingerprint density at radius 2 is 2.27 bits per heavy atom. The third kappa shape index (κ3) is 1.69. The first-order valence-corrected chi connectivity index (χ1v) is 4.10. The van der Waals surface area contributed by atoms with Crippen LogP contribution in [-0.2, 0) is 0 Å². The van der Waals surface area contributed by atoms with Gasteiger partial charge in [0.15, 0.2) is 0 Å². The van der Waals surface area contributed by atoms with Crippen LogP contribution in [0.2, 0.25) is 0 Å². The van der Waals surface area contributed by atoms with Crippen LogP contribution in [0.4, 0.5) is 0 Å². The fraction of sp³-hybridized carbons (Fsp3) is 0.667. The molecule has 11 heavy (non-hydrogen) atoms. The molecule has 0 amide bonds. The van der Waals surface area contributed by atoms with E-state index in [1.165, 1.54) is 6.21 Å². The van der Waals surface area contributed by atoms with Crippen molar-refractivity contribution in [3.8, 4) is 0 Å². The van der Waals surface area contributed by atoms with Crippen LogP contribution in [0, 0.1) is 17.2 Å². The summed E-state index contributed by atoms with van der Waals surface area (Å²) < 4.78 is 0. The van der Waals surface area contributed by atoms with Crippen molar-refractivity contribution in [2.75, 3.05) is 0 Å². The maximum atomic E-state index is 9.47. The zero-order valence-corrected chi connectivity index (χ0v) is 6.66.